The molecule has 2 aromatic carbocycles. The largest absolute Gasteiger partial charge is 0.364 e. The molecule has 2 heterocycles. The minimum Gasteiger partial charge on any atom is -0.364 e. The van der Waals surface area contributed by atoms with Crippen molar-refractivity contribution in [3.63, 3.8) is 0 Å². The summed E-state index contributed by atoms with van der Waals surface area (Å²) in [6, 6.07) is 15.8. The van der Waals surface area contributed by atoms with Crippen LogP contribution in [0.3, 0.4) is 0 Å². The smallest absolute Gasteiger partial charge is 0.277 e. The molecular formula is C18H15N3O2. The van der Waals surface area contributed by atoms with E-state index < -0.39 is 0 Å². The van der Waals surface area contributed by atoms with Crippen LogP contribution in [0, 0.1) is 0 Å². The lowest BCUT2D eigenvalue weighted by molar-refractivity contribution is 0.101. The molecule has 0 aliphatic carbocycles. The first-order valence-corrected chi connectivity index (χ1v) is 7.50. The first kappa shape index (κ1) is 13.6. The Morgan fingerprint density at radius 2 is 1.96 bits per heavy atom. The minimum atomic E-state index is -0.280. The molecule has 0 atom stereocenters. The molecule has 0 saturated carbocycles. The van der Waals surface area contributed by atoms with Crippen LogP contribution in [0.4, 0.5) is 5.69 Å². The summed E-state index contributed by atoms with van der Waals surface area (Å²) < 4.78 is 6.98. The standard InChI is InChI=1S/C18H15N3O2/c1-2-21-16-6-4-3-5-13(16)14-11-12(7-8-17(14)21)19-18(22)15-9-10-23-20-15/h3-11H,2H2,1H3,(H,19,22). The lowest BCUT2D eigenvalue weighted by Gasteiger charge is -2.05. The summed E-state index contributed by atoms with van der Waals surface area (Å²) in [6.45, 7) is 3.03. The second-order valence-corrected chi connectivity index (χ2v) is 5.33. The third kappa shape index (κ3) is 2.17. The zero-order chi connectivity index (χ0) is 15.8. The Balaban J connectivity index is 1.81. The van der Waals surface area contributed by atoms with E-state index in [0.717, 1.165) is 23.1 Å². The number of nitrogens with zero attached hydrogens (tertiary/aromatic N) is 2. The van der Waals surface area contributed by atoms with Crippen molar-refractivity contribution in [1.29, 1.82) is 0 Å². The highest BCUT2D eigenvalue weighted by Gasteiger charge is 2.12. The number of nitrogens with one attached hydrogen (secondary N) is 1. The molecule has 5 nitrogen and oxygen atoms in total. The number of carbonyl (C=O) groups excluding carboxylic acids is 1. The second kappa shape index (κ2) is 5.28. The van der Waals surface area contributed by atoms with Crippen molar-refractivity contribution in [3.05, 3.63) is 60.5 Å². The maximum absolute atomic E-state index is 12.1. The molecule has 4 rings (SSSR count). The lowest BCUT2D eigenvalue weighted by atomic mass is 10.1. The number of amides is 1. The van der Waals surface area contributed by atoms with E-state index in [1.54, 1.807) is 0 Å². The Labute approximate surface area is 132 Å². The molecule has 0 spiro atoms. The molecular weight excluding hydrogens is 290 g/mol. The van der Waals surface area contributed by atoms with Crippen molar-refractivity contribution >= 4 is 33.4 Å². The predicted octanol–water partition coefficient (Wildman–Crippen LogP) is 4.05. The predicted molar refractivity (Wildman–Crippen MR) is 89.6 cm³/mol. The van der Waals surface area contributed by atoms with E-state index in [2.05, 4.69) is 34.1 Å². The topological polar surface area (TPSA) is 60.1 Å². The molecule has 1 amide bonds. The van der Waals surface area contributed by atoms with Gasteiger partial charge < -0.3 is 14.4 Å². The zero-order valence-electron chi connectivity index (χ0n) is 12.6. The van der Waals surface area contributed by atoms with Crippen LogP contribution in [-0.4, -0.2) is 15.6 Å². The van der Waals surface area contributed by atoms with Crippen molar-refractivity contribution < 1.29 is 9.32 Å². The van der Waals surface area contributed by atoms with Crippen LogP contribution < -0.4 is 5.32 Å². The molecule has 114 valence electrons. The van der Waals surface area contributed by atoms with Gasteiger partial charge in [-0.25, -0.2) is 0 Å². The van der Waals surface area contributed by atoms with Gasteiger partial charge in [0, 0.05) is 40.1 Å². The Kier molecular flexibility index (Phi) is 3.12. The van der Waals surface area contributed by atoms with Crippen LogP contribution >= 0.6 is 0 Å². The summed E-state index contributed by atoms with van der Waals surface area (Å²) in [5.74, 6) is -0.280. The van der Waals surface area contributed by atoms with E-state index in [9.17, 15) is 4.79 Å². The molecule has 0 radical (unpaired) electrons. The van der Waals surface area contributed by atoms with Gasteiger partial charge in [-0.1, -0.05) is 23.4 Å². The maximum atomic E-state index is 12.1. The summed E-state index contributed by atoms with van der Waals surface area (Å²) in [7, 11) is 0. The number of hydrogen-bond donors (Lipinski definition) is 1. The molecule has 0 bridgehead atoms. The molecule has 23 heavy (non-hydrogen) atoms. The third-order valence-corrected chi connectivity index (χ3v) is 4.02. The quantitative estimate of drug-likeness (QED) is 0.621. The molecule has 0 fully saturated rings. The van der Waals surface area contributed by atoms with Crippen LogP contribution in [0.15, 0.2) is 59.3 Å². The Hall–Kier alpha value is -3.08. The van der Waals surface area contributed by atoms with Gasteiger partial charge in [-0.2, -0.15) is 0 Å². The van der Waals surface area contributed by atoms with Gasteiger partial charge in [0.15, 0.2) is 5.69 Å². The average Bonchev–Trinajstić information content (AvgIpc) is 3.21. The van der Waals surface area contributed by atoms with Crippen LogP contribution in [0.1, 0.15) is 17.4 Å². The number of fused-ring (bicyclic) bond motifs is 3. The second-order valence-electron chi connectivity index (χ2n) is 5.33. The number of carbonyl (C=O) groups is 1. The van der Waals surface area contributed by atoms with Crippen molar-refractivity contribution in [2.75, 3.05) is 5.32 Å². The molecule has 0 saturated heterocycles. The number of anilines is 1. The van der Waals surface area contributed by atoms with Crippen LogP contribution in [0.2, 0.25) is 0 Å². The first-order chi connectivity index (χ1) is 11.3. The lowest BCUT2D eigenvalue weighted by Crippen LogP contribution is -2.12. The molecule has 0 aliphatic rings. The molecule has 0 aliphatic heterocycles. The summed E-state index contributed by atoms with van der Waals surface area (Å²) in [4.78, 5) is 12.1. The molecule has 1 N–H and O–H groups in total. The first-order valence-electron chi connectivity index (χ1n) is 7.50. The number of para-hydroxylation sites is 1. The van der Waals surface area contributed by atoms with Gasteiger partial charge >= 0.3 is 0 Å². The summed E-state index contributed by atoms with van der Waals surface area (Å²) >= 11 is 0. The van der Waals surface area contributed by atoms with Gasteiger partial charge in [0.1, 0.15) is 6.26 Å². The number of aromatic nitrogens is 2. The average molecular weight is 305 g/mol. The summed E-state index contributed by atoms with van der Waals surface area (Å²) in [5.41, 5.74) is 3.36. The zero-order valence-corrected chi connectivity index (χ0v) is 12.6. The fourth-order valence-electron chi connectivity index (χ4n) is 3.00. The van der Waals surface area contributed by atoms with E-state index >= 15 is 0 Å². The maximum Gasteiger partial charge on any atom is 0.277 e. The van der Waals surface area contributed by atoms with Crippen LogP contribution in [0.25, 0.3) is 21.8 Å². The molecule has 2 aromatic heterocycles. The van der Waals surface area contributed by atoms with Gasteiger partial charge in [-0.3, -0.25) is 4.79 Å². The Morgan fingerprint density at radius 1 is 1.13 bits per heavy atom. The van der Waals surface area contributed by atoms with Gasteiger partial charge in [-0.05, 0) is 31.2 Å². The summed E-state index contributed by atoms with van der Waals surface area (Å²) in [5, 5.41) is 8.82. The van der Waals surface area contributed by atoms with Crippen LogP contribution in [-0.2, 0) is 6.54 Å². The SMILES string of the molecule is CCn1c2ccccc2c2cc(NC(=O)c3ccon3)ccc21. The van der Waals surface area contributed by atoms with E-state index in [1.807, 2.05) is 30.3 Å². The third-order valence-electron chi connectivity index (χ3n) is 4.02. The monoisotopic (exact) mass is 305 g/mol. The van der Waals surface area contributed by atoms with E-state index in [1.165, 1.54) is 23.2 Å². The molecule has 4 aromatic rings. The van der Waals surface area contributed by atoms with Gasteiger partial charge in [0.2, 0.25) is 0 Å². The van der Waals surface area contributed by atoms with Gasteiger partial charge in [0.25, 0.3) is 5.91 Å². The fourth-order valence-corrected chi connectivity index (χ4v) is 3.00. The Bertz CT molecular complexity index is 1000. The summed E-state index contributed by atoms with van der Waals surface area (Å²) in [6.07, 6.45) is 1.38. The Morgan fingerprint density at radius 3 is 2.74 bits per heavy atom. The normalized spacial score (nSPS) is 11.2. The minimum absolute atomic E-state index is 0.265. The van der Waals surface area contributed by atoms with Gasteiger partial charge in [0.05, 0.1) is 0 Å². The van der Waals surface area contributed by atoms with Crippen molar-refractivity contribution in [1.82, 2.24) is 9.72 Å². The van der Waals surface area contributed by atoms with Crippen molar-refractivity contribution in [2.24, 2.45) is 0 Å². The van der Waals surface area contributed by atoms with Crippen molar-refractivity contribution in [3.8, 4) is 0 Å². The number of hydrogen-bond acceptors (Lipinski definition) is 3. The number of benzene rings is 2. The van der Waals surface area contributed by atoms with Crippen molar-refractivity contribution in [2.45, 2.75) is 13.5 Å². The number of rotatable bonds is 3. The number of aryl methyl sites for hydroxylation is 1. The highest BCUT2D eigenvalue weighted by molar-refractivity contribution is 6.10. The van der Waals surface area contributed by atoms with E-state index in [0.29, 0.717) is 0 Å². The fraction of sp³-hybridized carbons (Fsp3) is 0.111. The molecule has 0 unspecified atom stereocenters. The highest BCUT2D eigenvalue weighted by atomic mass is 16.5. The van der Waals surface area contributed by atoms with Gasteiger partial charge in [-0.15, -0.1) is 0 Å². The van der Waals surface area contributed by atoms with E-state index in [4.69, 9.17) is 4.52 Å². The molecule has 5 heteroatoms. The van der Waals surface area contributed by atoms with Crippen LogP contribution in [0.5, 0.6) is 0 Å². The van der Waals surface area contributed by atoms with E-state index in [-0.39, 0.29) is 11.6 Å². The highest BCUT2D eigenvalue weighted by Crippen LogP contribution is 2.31.